The van der Waals surface area contributed by atoms with E-state index in [1.807, 2.05) is 0 Å². The van der Waals surface area contributed by atoms with E-state index in [1.165, 1.54) is 6.07 Å². The van der Waals surface area contributed by atoms with E-state index in [0.29, 0.717) is 22.4 Å². The standard InChI is InChI=1S/C10H7ClFN3/c1-6-14-9(4-10(11)15-6)8-3-2-7(12)5-13-8/h2-5H,1H3. The summed E-state index contributed by atoms with van der Waals surface area (Å²) in [5.74, 6) is 0.180. The van der Waals surface area contributed by atoms with Gasteiger partial charge in [-0.05, 0) is 19.1 Å². The largest absolute Gasteiger partial charge is 0.252 e. The van der Waals surface area contributed by atoms with E-state index >= 15 is 0 Å². The zero-order valence-electron chi connectivity index (χ0n) is 7.91. The van der Waals surface area contributed by atoms with Crippen molar-refractivity contribution in [3.63, 3.8) is 0 Å². The number of pyridine rings is 1. The lowest BCUT2D eigenvalue weighted by Gasteiger charge is -2.01. The summed E-state index contributed by atoms with van der Waals surface area (Å²) in [6, 6.07) is 4.47. The number of nitrogens with zero attached hydrogens (tertiary/aromatic N) is 3. The van der Waals surface area contributed by atoms with Crippen LogP contribution in [-0.4, -0.2) is 15.0 Å². The normalized spacial score (nSPS) is 10.3. The van der Waals surface area contributed by atoms with Crippen molar-refractivity contribution in [3.05, 3.63) is 41.2 Å². The molecule has 0 radical (unpaired) electrons. The molecule has 0 saturated carbocycles. The predicted octanol–water partition coefficient (Wildman–Crippen LogP) is 2.64. The second kappa shape index (κ2) is 3.90. The third-order valence-electron chi connectivity index (χ3n) is 1.80. The molecule has 2 heterocycles. The smallest absolute Gasteiger partial charge is 0.141 e. The molecule has 0 spiro atoms. The molecule has 5 heteroatoms. The van der Waals surface area contributed by atoms with Gasteiger partial charge in [-0.15, -0.1) is 0 Å². The SMILES string of the molecule is Cc1nc(Cl)cc(-c2ccc(F)cn2)n1. The van der Waals surface area contributed by atoms with E-state index in [4.69, 9.17) is 11.6 Å². The fraction of sp³-hybridized carbons (Fsp3) is 0.100. The summed E-state index contributed by atoms with van der Waals surface area (Å²) in [5.41, 5.74) is 1.16. The fourth-order valence-electron chi connectivity index (χ4n) is 1.19. The van der Waals surface area contributed by atoms with Crippen LogP contribution in [-0.2, 0) is 0 Å². The molecule has 0 aliphatic carbocycles. The van der Waals surface area contributed by atoms with Crippen LogP contribution in [0, 0.1) is 12.7 Å². The average molecular weight is 224 g/mol. The van der Waals surface area contributed by atoms with Crippen LogP contribution in [0.3, 0.4) is 0 Å². The molecular formula is C10H7ClFN3. The second-order valence-corrected chi connectivity index (χ2v) is 3.37. The van der Waals surface area contributed by atoms with Crippen molar-refractivity contribution in [1.82, 2.24) is 15.0 Å². The summed E-state index contributed by atoms with van der Waals surface area (Å²) >= 11 is 5.78. The molecule has 0 fully saturated rings. The highest BCUT2D eigenvalue weighted by Crippen LogP contribution is 2.17. The number of hydrogen-bond donors (Lipinski definition) is 0. The predicted molar refractivity (Wildman–Crippen MR) is 55.0 cm³/mol. The summed E-state index contributed by atoms with van der Waals surface area (Å²) in [7, 11) is 0. The van der Waals surface area contributed by atoms with E-state index in [-0.39, 0.29) is 5.82 Å². The molecule has 2 aromatic heterocycles. The van der Waals surface area contributed by atoms with Crippen LogP contribution in [0.4, 0.5) is 4.39 Å². The highest BCUT2D eigenvalue weighted by atomic mass is 35.5. The van der Waals surface area contributed by atoms with Gasteiger partial charge >= 0.3 is 0 Å². The quantitative estimate of drug-likeness (QED) is 0.698. The number of hydrogen-bond acceptors (Lipinski definition) is 3. The Balaban J connectivity index is 2.49. The van der Waals surface area contributed by atoms with Crippen molar-refractivity contribution in [2.24, 2.45) is 0 Å². The summed E-state index contributed by atoms with van der Waals surface area (Å²) < 4.78 is 12.6. The molecule has 0 unspecified atom stereocenters. The lowest BCUT2D eigenvalue weighted by Crippen LogP contribution is -1.93. The Kier molecular flexibility index (Phi) is 2.60. The van der Waals surface area contributed by atoms with Crippen LogP contribution in [0.15, 0.2) is 24.4 Å². The third kappa shape index (κ3) is 2.27. The second-order valence-electron chi connectivity index (χ2n) is 2.98. The number of aromatic nitrogens is 3. The van der Waals surface area contributed by atoms with Crippen LogP contribution in [0.5, 0.6) is 0 Å². The van der Waals surface area contributed by atoms with E-state index < -0.39 is 0 Å². The van der Waals surface area contributed by atoms with E-state index in [2.05, 4.69) is 15.0 Å². The van der Waals surface area contributed by atoms with Crippen molar-refractivity contribution in [1.29, 1.82) is 0 Å². The van der Waals surface area contributed by atoms with Crippen LogP contribution in [0.1, 0.15) is 5.82 Å². The number of halogens is 2. The van der Waals surface area contributed by atoms with Crippen molar-refractivity contribution in [2.75, 3.05) is 0 Å². The van der Waals surface area contributed by atoms with E-state index in [1.54, 1.807) is 19.1 Å². The van der Waals surface area contributed by atoms with Gasteiger partial charge in [0.25, 0.3) is 0 Å². The first kappa shape index (κ1) is 9.98. The van der Waals surface area contributed by atoms with Crippen molar-refractivity contribution in [3.8, 4) is 11.4 Å². The molecule has 0 N–H and O–H groups in total. The lowest BCUT2D eigenvalue weighted by molar-refractivity contribution is 0.622. The van der Waals surface area contributed by atoms with Crippen molar-refractivity contribution >= 4 is 11.6 Å². The molecule has 2 aromatic rings. The van der Waals surface area contributed by atoms with Crippen LogP contribution < -0.4 is 0 Å². The third-order valence-corrected chi connectivity index (χ3v) is 1.99. The summed E-state index contributed by atoms with van der Waals surface area (Å²) in [5, 5.41) is 0.351. The Morgan fingerprint density at radius 3 is 2.60 bits per heavy atom. The Morgan fingerprint density at radius 1 is 1.20 bits per heavy atom. The first-order chi connectivity index (χ1) is 7.15. The highest BCUT2D eigenvalue weighted by Gasteiger charge is 2.04. The Labute approximate surface area is 91.0 Å². The first-order valence-electron chi connectivity index (χ1n) is 4.28. The van der Waals surface area contributed by atoms with Gasteiger partial charge in [0.15, 0.2) is 0 Å². The van der Waals surface area contributed by atoms with Gasteiger partial charge in [0.05, 0.1) is 17.6 Å². The minimum Gasteiger partial charge on any atom is -0.252 e. The molecule has 0 aliphatic heterocycles. The number of rotatable bonds is 1. The molecular weight excluding hydrogens is 217 g/mol. The van der Waals surface area contributed by atoms with E-state index in [9.17, 15) is 4.39 Å². The molecule has 0 saturated heterocycles. The fourth-order valence-corrected chi connectivity index (χ4v) is 1.42. The Morgan fingerprint density at radius 2 is 2.00 bits per heavy atom. The summed E-state index contributed by atoms with van der Waals surface area (Å²) in [6.45, 7) is 1.74. The Hall–Kier alpha value is -1.55. The molecule has 0 amide bonds. The van der Waals surface area contributed by atoms with Gasteiger partial charge < -0.3 is 0 Å². The van der Waals surface area contributed by atoms with Gasteiger partial charge in [-0.25, -0.2) is 14.4 Å². The minimum atomic E-state index is -0.379. The maximum absolute atomic E-state index is 12.6. The van der Waals surface area contributed by atoms with Gasteiger partial charge in [-0.2, -0.15) is 0 Å². The van der Waals surface area contributed by atoms with Crippen molar-refractivity contribution < 1.29 is 4.39 Å². The lowest BCUT2D eigenvalue weighted by atomic mass is 10.2. The molecule has 0 aromatic carbocycles. The summed E-state index contributed by atoms with van der Waals surface area (Å²) in [4.78, 5) is 12.0. The minimum absolute atomic E-state index is 0.351. The maximum atomic E-state index is 12.6. The molecule has 3 nitrogen and oxygen atoms in total. The molecule has 76 valence electrons. The zero-order valence-corrected chi connectivity index (χ0v) is 8.66. The van der Waals surface area contributed by atoms with Crippen molar-refractivity contribution in [2.45, 2.75) is 6.92 Å². The monoisotopic (exact) mass is 223 g/mol. The topological polar surface area (TPSA) is 38.7 Å². The van der Waals surface area contributed by atoms with Gasteiger partial charge in [0.2, 0.25) is 0 Å². The van der Waals surface area contributed by atoms with Crippen LogP contribution in [0.25, 0.3) is 11.4 Å². The molecule has 15 heavy (non-hydrogen) atoms. The molecule has 2 rings (SSSR count). The number of aryl methyl sites for hydroxylation is 1. The van der Waals surface area contributed by atoms with Gasteiger partial charge in [-0.1, -0.05) is 11.6 Å². The first-order valence-corrected chi connectivity index (χ1v) is 4.66. The molecule has 0 atom stereocenters. The van der Waals surface area contributed by atoms with Crippen LogP contribution >= 0.6 is 11.6 Å². The van der Waals surface area contributed by atoms with Gasteiger partial charge in [-0.3, -0.25) is 4.98 Å². The van der Waals surface area contributed by atoms with Crippen LogP contribution in [0.2, 0.25) is 5.15 Å². The highest BCUT2D eigenvalue weighted by molar-refractivity contribution is 6.29. The van der Waals surface area contributed by atoms with E-state index in [0.717, 1.165) is 6.20 Å². The van der Waals surface area contributed by atoms with Gasteiger partial charge in [0.1, 0.15) is 16.8 Å². The molecule has 0 bridgehead atoms. The Bertz CT molecular complexity index is 464. The maximum Gasteiger partial charge on any atom is 0.141 e. The zero-order chi connectivity index (χ0) is 10.8. The van der Waals surface area contributed by atoms with Gasteiger partial charge in [0, 0.05) is 6.07 Å². The molecule has 0 aliphatic rings. The summed E-state index contributed by atoms with van der Waals surface area (Å²) in [6.07, 6.45) is 1.14. The average Bonchev–Trinajstić information content (AvgIpc) is 2.17.